The summed E-state index contributed by atoms with van der Waals surface area (Å²) >= 11 is 0. The van der Waals surface area contributed by atoms with Crippen molar-refractivity contribution in [2.24, 2.45) is 11.1 Å². The van der Waals surface area contributed by atoms with Gasteiger partial charge in [-0.15, -0.1) is 0 Å². The van der Waals surface area contributed by atoms with Crippen molar-refractivity contribution in [2.45, 2.75) is 19.4 Å². The molecule has 0 spiro atoms. The standard InChI is InChI=1S/C11H18N4O3/c1-11(10(12)18)2-3-15(6-11)9(17)7-4-14-8(16)5-13-7/h7,13H,2-6H2,1H3,(H2,12,18)(H,14,16). The molecule has 0 aliphatic carbocycles. The predicted octanol–water partition coefficient (Wildman–Crippen LogP) is -2.20. The number of nitrogens with zero attached hydrogens (tertiary/aromatic N) is 1. The molecule has 4 N–H and O–H groups in total. The quantitative estimate of drug-likeness (QED) is 0.520. The van der Waals surface area contributed by atoms with Gasteiger partial charge in [-0.3, -0.25) is 19.7 Å². The molecule has 2 fully saturated rings. The number of rotatable bonds is 2. The first-order chi connectivity index (χ1) is 8.42. The minimum Gasteiger partial charge on any atom is -0.369 e. The first-order valence-electron chi connectivity index (χ1n) is 6.01. The third kappa shape index (κ3) is 2.31. The molecule has 2 saturated heterocycles. The van der Waals surface area contributed by atoms with E-state index in [9.17, 15) is 14.4 Å². The molecule has 2 aliphatic rings. The summed E-state index contributed by atoms with van der Waals surface area (Å²) in [6.45, 7) is 3.11. The minimum absolute atomic E-state index is 0.0834. The molecule has 0 aromatic carbocycles. The molecule has 0 saturated carbocycles. The van der Waals surface area contributed by atoms with Crippen molar-refractivity contribution < 1.29 is 14.4 Å². The van der Waals surface area contributed by atoms with Crippen LogP contribution < -0.4 is 16.4 Å². The normalized spacial score (nSPS) is 32.2. The average Bonchev–Trinajstić information content (AvgIpc) is 2.73. The van der Waals surface area contributed by atoms with E-state index in [0.717, 1.165) is 0 Å². The summed E-state index contributed by atoms with van der Waals surface area (Å²) in [5.74, 6) is -0.565. The zero-order chi connectivity index (χ0) is 13.3. The van der Waals surface area contributed by atoms with Crippen LogP contribution in [0.4, 0.5) is 0 Å². The zero-order valence-corrected chi connectivity index (χ0v) is 10.4. The van der Waals surface area contributed by atoms with Gasteiger partial charge in [-0.1, -0.05) is 0 Å². The van der Waals surface area contributed by atoms with Crippen molar-refractivity contribution in [2.75, 3.05) is 26.2 Å². The van der Waals surface area contributed by atoms with Crippen LogP contribution in [0, 0.1) is 5.41 Å². The lowest BCUT2D eigenvalue weighted by molar-refractivity contribution is -0.134. The zero-order valence-electron chi connectivity index (χ0n) is 10.4. The molecule has 7 heteroatoms. The Morgan fingerprint density at radius 3 is 2.72 bits per heavy atom. The van der Waals surface area contributed by atoms with Crippen molar-refractivity contribution in [3.63, 3.8) is 0 Å². The molecule has 2 atom stereocenters. The SMILES string of the molecule is CC1(C(N)=O)CCN(C(=O)C2CNC(=O)CN2)C1. The molecular formula is C11H18N4O3. The molecule has 7 nitrogen and oxygen atoms in total. The van der Waals surface area contributed by atoms with Gasteiger partial charge in [0, 0.05) is 19.6 Å². The van der Waals surface area contributed by atoms with E-state index in [4.69, 9.17) is 5.73 Å². The van der Waals surface area contributed by atoms with Gasteiger partial charge in [0.05, 0.1) is 12.0 Å². The molecule has 0 aromatic heterocycles. The molecule has 2 unspecified atom stereocenters. The molecular weight excluding hydrogens is 236 g/mol. The Morgan fingerprint density at radius 2 is 2.22 bits per heavy atom. The fraction of sp³-hybridized carbons (Fsp3) is 0.727. The summed E-state index contributed by atoms with van der Waals surface area (Å²) in [5.41, 5.74) is 4.71. The van der Waals surface area contributed by atoms with Crippen molar-refractivity contribution in [1.29, 1.82) is 0 Å². The first kappa shape index (κ1) is 12.8. The van der Waals surface area contributed by atoms with Gasteiger partial charge in [-0.05, 0) is 13.3 Å². The highest BCUT2D eigenvalue weighted by molar-refractivity contribution is 5.88. The second-order valence-corrected chi connectivity index (χ2v) is 5.17. The number of carbonyl (C=O) groups excluding carboxylic acids is 3. The summed E-state index contributed by atoms with van der Waals surface area (Å²) in [5, 5.41) is 5.52. The summed E-state index contributed by atoms with van der Waals surface area (Å²) in [6, 6.07) is -0.405. The number of nitrogens with one attached hydrogen (secondary N) is 2. The number of hydrogen-bond donors (Lipinski definition) is 3. The van der Waals surface area contributed by atoms with Crippen LogP contribution in [-0.4, -0.2) is 54.8 Å². The van der Waals surface area contributed by atoms with Crippen LogP contribution in [0.1, 0.15) is 13.3 Å². The number of nitrogens with two attached hydrogens (primary N) is 1. The molecule has 0 radical (unpaired) electrons. The minimum atomic E-state index is -0.631. The summed E-state index contributed by atoms with van der Waals surface area (Å²) in [4.78, 5) is 36.1. The molecule has 2 heterocycles. The Kier molecular flexibility index (Phi) is 3.25. The van der Waals surface area contributed by atoms with Gasteiger partial charge in [0.1, 0.15) is 6.04 Å². The van der Waals surface area contributed by atoms with E-state index in [1.807, 2.05) is 0 Å². The Bertz CT molecular complexity index is 388. The largest absolute Gasteiger partial charge is 0.369 e. The van der Waals surface area contributed by atoms with Crippen LogP contribution >= 0.6 is 0 Å². The van der Waals surface area contributed by atoms with Gasteiger partial charge in [-0.25, -0.2) is 0 Å². The lowest BCUT2D eigenvalue weighted by Crippen LogP contribution is -2.58. The van der Waals surface area contributed by atoms with Crippen molar-refractivity contribution >= 4 is 17.7 Å². The fourth-order valence-corrected chi connectivity index (χ4v) is 2.31. The van der Waals surface area contributed by atoms with Crippen LogP contribution in [0.5, 0.6) is 0 Å². The molecule has 0 bridgehead atoms. The molecule has 3 amide bonds. The van der Waals surface area contributed by atoms with E-state index in [1.165, 1.54) is 0 Å². The highest BCUT2D eigenvalue weighted by atomic mass is 16.2. The molecule has 2 rings (SSSR count). The third-order valence-corrected chi connectivity index (χ3v) is 3.69. The number of likely N-dealkylation sites (tertiary alicyclic amines) is 1. The van der Waals surface area contributed by atoms with Crippen LogP contribution in [0.15, 0.2) is 0 Å². The smallest absolute Gasteiger partial charge is 0.241 e. The number of primary amides is 1. The van der Waals surface area contributed by atoms with Crippen molar-refractivity contribution in [3.8, 4) is 0 Å². The van der Waals surface area contributed by atoms with E-state index in [2.05, 4.69) is 10.6 Å². The number of hydrogen-bond acceptors (Lipinski definition) is 4. The Balaban J connectivity index is 1.95. The maximum Gasteiger partial charge on any atom is 0.241 e. The average molecular weight is 254 g/mol. The fourth-order valence-electron chi connectivity index (χ4n) is 2.31. The van der Waals surface area contributed by atoms with Crippen LogP contribution in [0.2, 0.25) is 0 Å². The van der Waals surface area contributed by atoms with E-state index >= 15 is 0 Å². The highest BCUT2D eigenvalue weighted by Gasteiger charge is 2.42. The summed E-state index contributed by atoms with van der Waals surface area (Å²) in [6.07, 6.45) is 0.590. The van der Waals surface area contributed by atoms with E-state index in [0.29, 0.717) is 26.1 Å². The number of amides is 3. The Labute approximate surface area is 105 Å². The second-order valence-electron chi connectivity index (χ2n) is 5.17. The molecule has 100 valence electrons. The van der Waals surface area contributed by atoms with Crippen LogP contribution in [0.3, 0.4) is 0 Å². The third-order valence-electron chi connectivity index (χ3n) is 3.69. The van der Waals surface area contributed by atoms with Gasteiger partial charge in [-0.2, -0.15) is 0 Å². The van der Waals surface area contributed by atoms with Gasteiger partial charge < -0.3 is 16.0 Å². The highest BCUT2D eigenvalue weighted by Crippen LogP contribution is 2.29. The monoisotopic (exact) mass is 254 g/mol. The lowest BCUT2D eigenvalue weighted by atomic mass is 9.89. The number of carbonyl (C=O) groups is 3. The summed E-state index contributed by atoms with van der Waals surface area (Å²) < 4.78 is 0. The maximum atomic E-state index is 12.2. The van der Waals surface area contributed by atoms with Crippen molar-refractivity contribution in [3.05, 3.63) is 0 Å². The van der Waals surface area contributed by atoms with Crippen LogP contribution in [-0.2, 0) is 14.4 Å². The van der Waals surface area contributed by atoms with Gasteiger partial charge in [0.25, 0.3) is 0 Å². The Hall–Kier alpha value is -1.63. The first-order valence-corrected chi connectivity index (χ1v) is 6.01. The maximum absolute atomic E-state index is 12.2. The van der Waals surface area contributed by atoms with Crippen LogP contribution in [0.25, 0.3) is 0 Å². The molecule has 18 heavy (non-hydrogen) atoms. The van der Waals surface area contributed by atoms with Gasteiger partial charge >= 0.3 is 0 Å². The van der Waals surface area contributed by atoms with Gasteiger partial charge in [0.2, 0.25) is 17.7 Å². The van der Waals surface area contributed by atoms with E-state index < -0.39 is 11.5 Å². The van der Waals surface area contributed by atoms with Gasteiger partial charge in [0.15, 0.2) is 0 Å². The van der Waals surface area contributed by atoms with E-state index in [-0.39, 0.29) is 24.3 Å². The van der Waals surface area contributed by atoms with E-state index in [1.54, 1.807) is 11.8 Å². The number of piperazine rings is 1. The predicted molar refractivity (Wildman–Crippen MR) is 63.3 cm³/mol. The molecule has 0 aromatic rings. The second kappa shape index (κ2) is 4.56. The topological polar surface area (TPSA) is 105 Å². The van der Waals surface area contributed by atoms with Crippen molar-refractivity contribution in [1.82, 2.24) is 15.5 Å². The summed E-state index contributed by atoms with van der Waals surface area (Å²) in [7, 11) is 0. The lowest BCUT2D eigenvalue weighted by Gasteiger charge is -2.28. The Morgan fingerprint density at radius 1 is 1.50 bits per heavy atom. The molecule has 2 aliphatic heterocycles.